The van der Waals surface area contributed by atoms with Gasteiger partial charge < -0.3 is 10.6 Å². The quantitative estimate of drug-likeness (QED) is 0.207. The van der Waals surface area contributed by atoms with Crippen molar-refractivity contribution < 1.29 is 8.42 Å². The van der Waals surface area contributed by atoms with Crippen LogP contribution in [0.3, 0.4) is 0 Å². The number of hydrogen-bond donors (Lipinski definition) is 3. The first-order valence-corrected chi connectivity index (χ1v) is 11.0. The van der Waals surface area contributed by atoms with Crippen molar-refractivity contribution in [1.29, 1.82) is 0 Å². The van der Waals surface area contributed by atoms with Gasteiger partial charge in [0.15, 0.2) is 5.96 Å². The predicted octanol–water partition coefficient (Wildman–Crippen LogP) is 2.54. The summed E-state index contributed by atoms with van der Waals surface area (Å²) in [4.78, 5) is 4.72. The van der Waals surface area contributed by atoms with Crippen molar-refractivity contribution in [3.8, 4) is 0 Å². The summed E-state index contributed by atoms with van der Waals surface area (Å²) in [6, 6.07) is 20.6. The van der Waals surface area contributed by atoms with Crippen LogP contribution >= 0.6 is 24.0 Å². The Labute approximate surface area is 185 Å². The summed E-state index contributed by atoms with van der Waals surface area (Å²) in [6.45, 7) is 4.08. The van der Waals surface area contributed by atoms with Crippen molar-refractivity contribution in [3.05, 3.63) is 71.8 Å². The van der Waals surface area contributed by atoms with E-state index < -0.39 is 10.0 Å². The summed E-state index contributed by atoms with van der Waals surface area (Å²) in [5.74, 6) is 0.821. The Bertz CT molecular complexity index is 775. The summed E-state index contributed by atoms with van der Waals surface area (Å²) >= 11 is 0. The molecule has 0 aliphatic carbocycles. The van der Waals surface area contributed by atoms with Crippen molar-refractivity contribution >= 4 is 40.0 Å². The molecule has 0 spiro atoms. The third-order valence-corrected chi connectivity index (χ3v) is 4.69. The minimum Gasteiger partial charge on any atom is -0.357 e. The zero-order chi connectivity index (χ0) is 19.5. The minimum absolute atomic E-state index is 0. The van der Waals surface area contributed by atoms with Gasteiger partial charge in [-0.3, -0.25) is 4.99 Å². The van der Waals surface area contributed by atoms with E-state index >= 15 is 0 Å². The molecule has 0 saturated carbocycles. The molecule has 3 N–H and O–H groups in total. The fourth-order valence-corrected chi connectivity index (χ4v) is 3.19. The monoisotopic (exact) mass is 516 g/mol. The number of guanidine groups is 1. The van der Waals surface area contributed by atoms with E-state index in [0.29, 0.717) is 25.6 Å². The number of nitrogens with one attached hydrogen (secondary N) is 3. The Balaban J connectivity index is 0.00000392. The van der Waals surface area contributed by atoms with E-state index in [0.717, 1.165) is 12.8 Å². The number of rotatable bonds is 9. The smallest absolute Gasteiger partial charge is 0.208 e. The standard InChI is InChI=1S/C20H28N4O2S.HI/c1-3-21-20(22-14-15-24-27(2,25)26)23-16-19(17-10-6-4-7-11-17)18-12-8-5-9-13-18;/h4-13,19,24H,3,14-16H2,1-2H3,(H2,21,22,23);1H. The molecule has 2 aromatic carbocycles. The highest BCUT2D eigenvalue weighted by Crippen LogP contribution is 2.24. The maximum absolute atomic E-state index is 11.1. The average molecular weight is 516 g/mol. The van der Waals surface area contributed by atoms with Gasteiger partial charge in [-0.05, 0) is 18.1 Å². The Morgan fingerprint density at radius 2 is 1.46 bits per heavy atom. The van der Waals surface area contributed by atoms with Gasteiger partial charge in [-0.2, -0.15) is 0 Å². The van der Waals surface area contributed by atoms with E-state index in [1.165, 1.54) is 11.1 Å². The van der Waals surface area contributed by atoms with Crippen LogP contribution < -0.4 is 15.4 Å². The van der Waals surface area contributed by atoms with Crippen molar-refractivity contribution in [1.82, 2.24) is 15.4 Å². The van der Waals surface area contributed by atoms with Crippen molar-refractivity contribution in [2.45, 2.75) is 12.8 Å². The number of nitrogens with zero attached hydrogens (tertiary/aromatic N) is 1. The number of hydrogen-bond acceptors (Lipinski definition) is 3. The third kappa shape index (κ3) is 9.03. The molecule has 0 atom stereocenters. The lowest BCUT2D eigenvalue weighted by atomic mass is 9.91. The molecular weight excluding hydrogens is 487 g/mol. The largest absolute Gasteiger partial charge is 0.357 e. The molecule has 0 heterocycles. The van der Waals surface area contributed by atoms with E-state index in [4.69, 9.17) is 4.99 Å². The number of benzene rings is 2. The molecule has 0 aromatic heterocycles. The van der Waals surface area contributed by atoms with Crippen LogP contribution in [0.4, 0.5) is 0 Å². The van der Waals surface area contributed by atoms with E-state index in [1.54, 1.807) is 0 Å². The number of sulfonamides is 1. The molecule has 28 heavy (non-hydrogen) atoms. The number of halogens is 1. The highest BCUT2D eigenvalue weighted by Gasteiger charge is 2.13. The molecule has 0 amide bonds. The van der Waals surface area contributed by atoms with Crippen LogP contribution in [0, 0.1) is 0 Å². The van der Waals surface area contributed by atoms with Gasteiger partial charge in [-0.1, -0.05) is 60.7 Å². The molecule has 0 aliphatic heterocycles. The molecule has 0 unspecified atom stereocenters. The second-order valence-corrected chi connectivity index (χ2v) is 8.02. The van der Waals surface area contributed by atoms with Gasteiger partial charge in [0, 0.05) is 25.6 Å². The van der Waals surface area contributed by atoms with Crippen molar-refractivity contribution in [2.24, 2.45) is 4.99 Å². The molecule has 0 saturated heterocycles. The van der Waals surface area contributed by atoms with Crippen LogP contribution in [0.2, 0.25) is 0 Å². The Morgan fingerprint density at radius 1 is 0.929 bits per heavy atom. The Kier molecular flexibility index (Phi) is 11.1. The summed E-state index contributed by atoms with van der Waals surface area (Å²) in [7, 11) is -3.18. The zero-order valence-electron chi connectivity index (χ0n) is 16.3. The van der Waals surface area contributed by atoms with Gasteiger partial charge in [0.1, 0.15) is 0 Å². The summed E-state index contributed by atoms with van der Waals surface area (Å²) in [5, 5.41) is 6.36. The van der Waals surface area contributed by atoms with Crippen LogP contribution in [0.15, 0.2) is 65.7 Å². The second kappa shape index (κ2) is 12.7. The normalized spacial score (nSPS) is 11.8. The Hall–Kier alpha value is -1.65. The van der Waals surface area contributed by atoms with Gasteiger partial charge in [0.05, 0.1) is 12.8 Å². The Morgan fingerprint density at radius 3 is 1.93 bits per heavy atom. The van der Waals surface area contributed by atoms with Crippen LogP contribution in [0.5, 0.6) is 0 Å². The number of aliphatic imine (C=N–C) groups is 1. The van der Waals surface area contributed by atoms with Crippen molar-refractivity contribution in [3.63, 3.8) is 0 Å². The highest BCUT2D eigenvalue weighted by atomic mass is 127. The first-order valence-electron chi connectivity index (χ1n) is 9.06. The lowest BCUT2D eigenvalue weighted by Gasteiger charge is -2.18. The van der Waals surface area contributed by atoms with Gasteiger partial charge in [-0.25, -0.2) is 13.1 Å². The van der Waals surface area contributed by atoms with Gasteiger partial charge in [0.25, 0.3) is 0 Å². The summed E-state index contributed by atoms with van der Waals surface area (Å²) in [6.07, 6.45) is 1.15. The van der Waals surface area contributed by atoms with Crippen molar-refractivity contribution in [2.75, 3.05) is 32.4 Å². The van der Waals surface area contributed by atoms with Crippen LogP contribution in [-0.4, -0.2) is 46.8 Å². The fourth-order valence-electron chi connectivity index (χ4n) is 2.72. The van der Waals surface area contributed by atoms with Crippen LogP contribution in [0.1, 0.15) is 24.0 Å². The van der Waals surface area contributed by atoms with Crippen LogP contribution in [0.25, 0.3) is 0 Å². The topological polar surface area (TPSA) is 82.6 Å². The minimum atomic E-state index is -3.18. The van der Waals surface area contributed by atoms with Gasteiger partial charge in [-0.15, -0.1) is 24.0 Å². The molecule has 0 aliphatic rings. The van der Waals surface area contributed by atoms with E-state index in [-0.39, 0.29) is 29.9 Å². The zero-order valence-corrected chi connectivity index (χ0v) is 19.4. The molecule has 2 rings (SSSR count). The second-order valence-electron chi connectivity index (χ2n) is 6.19. The molecule has 0 fully saturated rings. The average Bonchev–Trinajstić information content (AvgIpc) is 2.66. The van der Waals surface area contributed by atoms with E-state index in [2.05, 4.69) is 39.6 Å². The van der Waals surface area contributed by atoms with Gasteiger partial charge in [0.2, 0.25) is 10.0 Å². The molecular formula is C20H29IN4O2S. The first kappa shape index (κ1) is 24.4. The molecule has 154 valence electrons. The maximum atomic E-state index is 11.1. The molecule has 0 bridgehead atoms. The lowest BCUT2D eigenvalue weighted by Crippen LogP contribution is -2.41. The third-order valence-electron chi connectivity index (χ3n) is 3.96. The fraction of sp³-hybridized carbons (Fsp3) is 0.350. The molecule has 2 aromatic rings. The van der Waals surface area contributed by atoms with Crippen LogP contribution in [-0.2, 0) is 10.0 Å². The molecule has 6 nitrogen and oxygen atoms in total. The first-order chi connectivity index (χ1) is 13.0. The lowest BCUT2D eigenvalue weighted by molar-refractivity contribution is 0.586. The van der Waals surface area contributed by atoms with E-state index in [9.17, 15) is 8.42 Å². The summed E-state index contributed by atoms with van der Waals surface area (Å²) < 4.78 is 24.8. The maximum Gasteiger partial charge on any atom is 0.208 e. The summed E-state index contributed by atoms with van der Waals surface area (Å²) in [5.41, 5.74) is 2.42. The van der Waals surface area contributed by atoms with Gasteiger partial charge >= 0.3 is 0 Å². The highest BCUT2D eigenvalue weighted by molar-refractivity contribution is 14.0. The predicted molar refractivity (Wildman–Crippen MR) is 127 cm³/mol. The SMILES string of the molecule is CCNC(=NCC(c1ccccc1)c1ccccc1)NCCNS(C)(=O)=O.I. The molecule has 0 radical (unpaired) electrons. The van der Waals surface area contributed by atoms with E-state index in [1.807, 2.05) is 43.3 Å². The molecule has 8 heteroatoms.